The molecule has 0 aliphatic carbocycles. The van der Waals surface area contributed by atoms with Crippen LogP contribution in [0.25, 0.3) is 0 Å². The average molecular weight is 256 g/mol. The Hall–Kier alpha value is -0.530. The molecule has 0 saturated heterocycles. The first-order valence-electron chi connectivity index (χ1n) is 7.92. The molecule has 0 spiro atoms. The normalized spacial score (nSPS) is 12.6. The number of hydrogen-bond acceptors (Lipinski definition) is 1. The molecule has 108 valence electrons. The topological polar surface area (TPSA) is 37.3 Å². The Morgan fingerprint density at radius 2 is 1.44 bits per heavy atom. The van der Waals surface area contributed by atoms with E-state index in [1.807, 2.05) is 0 Å². The lowest BCUT2D eigenvalue weighted by molar-refractivity contribution is -0.137. The van der Waals surface area contributed by atoms with Crippen LogP contribution in [0.15, 0.2) is 0 Å². The van der Waals surface area contributed by atoms with Crippen molar-refractivity contribution in [2.75, 3.05) is 0 Å². The lowest BCUT2D eigenvalue weighted by Crippen LogP contribution is -1.99. The summed E-state index contributed by atoms with van der Waals surface area (Å²) in [7, 11) is 0. The van der Waals surface area contributed by atoms with E-state index >= 15 is 0 Å². The summed E-state index contributed by atoms with van der Waals surface area (Å²) in [5.74, 6) is 0.249. The largest absolute Gasteiger partial charge is 0.481 e. The second kappa shape index (κ2) is 12.9. The fourth-order valence-corrected chi connectivity index (χ4v) is 2.48. The Kier molecular flexibility index (Phi) is 12.5. The second-order valence-corrected chi connectivity index (χ2v) is 5.47. The Morgan fingerprint density at radius 1 is 0.889 bits per heavy atom. The number of unbranched alkanes of at least 4 members (excludes halogenated alkanes) is 6. The highest BCUT2D eigenvalue weighted by Crippen LogP contribution is 2.21. The third-order valence-corrected chi connectivity index (χ3v) is 3.80. The lowest BCUT2D eigenvalue weighted by Gasteiger charge is -2.14. The van der Waals surface area contributed by atoms with E-state index in [2.05, 4.69) is 13.8 Å². The maximum absolute atomic E-state index is 10.4. The molecule has 18 heavy (non-hydrogen) atoms. The van der Waals surface area contributed by atoms with Crippen molar-refractivity contribution in [3.8, 4) is 0 Å². The van der Waals surface area contributed by atoms with Gasteiger partial charge in [0.25, 0.3) is 0 Å². The SMILES string of the molecule is CCCCCCC(CC)CCCCCCC(=O)O. The summed E-state index contributed by atoms with van der Waals surface area (Å²) >= 11 is 0. The van der Waals surface area contributed by atoms with Crippen molar-refractivity contribution in [2.24, 2.45) is 5.92 Å². The number of carboxylic acid groups (broad SMARTS) is 1. The minimum Gasteiger partial charge on any atom is -0.481 e. The van der Waals surface area contributed by atoms with Gasteiger partial charge in [0.1, 0.15) is 0 Å². The zero-order chi connectivity index (χ0) is 13.6. The molecule has 0 aliphatic rings. The van der Waals surface area contributed by atoms with E-state index in [0.29, 0.717) is 6.42 Å². The predicted molar refractivity (Wildman–Crippen MR) is 77.9 cm³/mol. The first kappa shape index (κ1) is 17.5. The van der Waals surface area contributed by atoms with E-state index in [1.165, 1.54) is 57.8 Å². The van der Waals surface area contributed by atoms with Crippen LogP contribution in [0.4, 0.5) is 0 Å². The molecule has 2 nitrogen and oxygen atoms in total. The molecule has 0 bridgehead atoms. The molecule has 0 heterocycles. The van der Waals surface area contributed by atoms with Crippen molar-refractivity contribution in [2.45, 2.75) is 90.9 Å². The number of aliphatic carboxylic acids is 1. The van der Waals surface area contributed by atoms with Gasteiger partial charge in [0.05, 0.1) is 0 Å². The number of hydrogen-bond donors (Lipinski definition) is 1. The van der Waals surface area contributed by atoms with Crippen LogP contribution in [0.5, 0.6) is 0 Å². The summed E-state index contributed by atoms with van der Waals surface area (Å²) in [5, 5.41) is 8.54. The molecule has 1 N–H and O–H groups in total. The molecule has 0 amide bonds. The van der Waals surface area contributed by atoms with Crippen molar-refractivity contribution in [1.82, 2.24) is 0 Å². The summed E-state index contributed by atoms with van der Waals surface area (Å²) in [6.45, 7) is 4.56. The van der Waals surface area contributed by atoms with Gasteiger partial charge in [-0.25, -0.2) is 0 Å². The van der Waals surface area contributed by atoms with Gasteiger partial charge in [-0.3, -0.25) is 4.79 Å². The Bertz CT molecular complexity index is 190. The minimum atomic E-state index is -0.655. The molecule has 0 aromatic heterocycles. The highest BCUT2D eigenvalue weighted by atomic mass is 16.4. The van der Waals surface area contributed by atoms with Crippen LogP contribution in [0, 0.1) is 5.92 Å². The highest BCUT2D eigenvalue weighted by molar-refractivity contribution is 5.66. The molecule has 2 heteroatoms. The van der Waals surface area contributed by atoms with Gasteiger partial charge in [0, 0.05) is 6.42 Å². The van der Waals surface area contributed by atoms with Crippen LogP contribution < -0.4 is 0 Å². The smallest absolute Gasteiger partial charge is 0.303 e. The zero-order valence-corrected chi connectivity index (χ0v) is 12.4. The summed E-state index contributed by atoms with van der Waals surface area (Å²) in [5.41, 5.74) is 0. The summed E-state index contributed by atoms with van der Waals surface area (Å²) in [6, 6.07) is 0. The van der Waals surface area contributed by atoms with Crippen LogP contribution in [0.3, 0.4) is 0 Å². The van der Waals surface area contributed by atoms with E-state index in [1.54, 1.807) is 0 Å². The van der Waals surface area contributed by atoms with Gasteiger partial charge < -0.3 is 5.11 Å². The Morgan fingerprint density at radius 3 is 1.94 bits per heavy atom. The molecule has 0 radical (unpaired) electrons. The molecule has 0 aromatic rings. The first-order chi connectivity index (χ1) is 8.70. The van der Waals surface area contributed by atoms with Crippen molar-refractivity contribution >= 4 is 5.97 Å². The van der Waals surface area contributed by atoms with Gasteiger partial charge in [-0.05, 0) is 12.3 Å². The Labute approximate surface area is 113 Å². The molecule has 0 aliphatic heterocycles. The van der Waals surface area contributed by atoms with Crippen LogP contribution in [0.2, 0.25) is 0 Å². The predicted octanol–water partition coefficient (Wildman–Crippen LogP) is 5.41. The van der Waals surface area contributed by atoms with Crippen molar-refractivity contribution < 1.29 is 9.90 Å². The number of carboxylic acids is 1. The molecule has 0 aromatic carbocycles. The van der Waals surface area contributed by atoms with Gasteiger partial charge in [-0.2, -0.15) is 0 Å². The fourth-order valence-electron chi connectivity index (χ4n) is 2.48. The minimum absolute atomic E-state index is 0.341. The molecular formula is C16H32O2. The fraction of sp³-hybridized carbons (Fsp3) is 0.938. The van der Waals surface area contributed by atoms with E-state index in [0.717, 1.165) is 18.8 Å². The highest BCUT2D eigenvalue weighted by Gasteiger charge is 2.05. The van der Waals surface area contributed by atoms with Gasteiger partial charge in [-0.1, -0.05) is 78.1 Å². The molecule has 0 saturated carbocycles. The molecular weight excluding hydrogens is 224 g/mol. The van der Waals surface area contributed by atoms with E-state index in [9.17, 15) is 4.79 Å². The van der Waals surface area contributed by atoms with E-state index < -0.39 is 5.97 Å². The summed E-state index contributed by atoms with van der Waals surface area (Å²) < 4.78 is 0. The third kappa shape index (κ3) is 11.9. The molecule has 0 rings (SSSR count). The van der Waals surface area contributed by atoms with Gasteiger partial charge in [-0.15, -0.1) is 0 Å². The van der Waals surface area contributed by atoms with Crippen LogP contribution in [-0.2, 0) is 4.79 Å². The standard InChI is InChI=1S/C16H32O2/c1-3-5-6-9-12-15(4-2)13-10-7-8-11-14-16(17)18/h15H,3-14H2,1-2H3,(H,17,18). The van der Waals surface area contributed by atoms with E-state index in [-0.39, 0.29) is 0 Å². The van der Waals surface area contributed by atoms with Crippen molar-refractivity contribution in [3.63, 3.8) is 0 Å². The monoisotopic (exact) mass is 256 g/mol. The average Bonchev–Trinajstić information content (AvgIpc) is 2.35. The first-order valence-corrected chi connectivity index (χ1v) is 7.92. The van der Waals surface area contributed by atoms with Crippen molar-refractivity contribution in [3.05, 3.63) is 0 Å². The van der Waals surface area contributed by atoms with Gasteiger partial charge in [0.15, 0.2) is 0 Å². The van der Waals surface area contributed by atoms with Gasteiger partial charge in [0.2, 0.25) is 0 Å². The van der Waals surface area contributed by atoms with Gasteiger partial charge >= 0.3 is 5.97 Å². The van der Waals surface area contributed by atoms with Crippen LogP contribution in [0.1, 0.15) is 90.9 Å². The van der Waals surface area contributed by atoms with Crippen LogP contribution >= 0.6 is 0 Å². The van der Waals surface area contributed by atoms with Crippen LogP contribution in [-0.4, -0.2) is 11.1 Å². The quantitative estimate of drug-likeness (QED) is 0.447. The maximum Gasteiger partial charge on any atom is 0.303 e. The number of rotatable bonds is 13. The summed E-state index contributed by atoms with van der Waals surface area (Å²) in [4.78, 5) is 10.4. The molecule has 0 fully saturated rings. The Balaban J connectivity index is 3.35. The molecule has 1 atom stereocenters. The summed E-state index contributed by atoms with van der Waals surface area (Å²) in [6.07, 6.45) is 14.3. The molecule has 1 unspecified atom stereocenters. The number of carbonyl (C=O) groups is 1. The zero-order valence-electron chi connectivity index (χ0n) is 12.4. The van der Waals surface area contributed by atoms with E-state index in [4.69, 9.17) is 5.11 Å². The third-order valence-electron chi connectivity index (χ3n) is 3.80. The van der Waals surface area contributed by atoms with Crippen molar-refractivity contribution in [1.29, 1.82) is 0 Å². The maximum atomic E-state index is 10.4. The lowest BCUT2D eigenvalue weighted by atomic mass is 9.92. The second-order valence-electron chi connectivity index (χ2n) is 5.47.